The highest BCUT2D eigenvalue weighted by Crippen LogP contribution is 2.47. The number of halogens is 2. The molecule has 3 rings (SSSR count). The molecule has 1 aromatic rings. The maximum absolute atomic E-state index is 14.2. The van der Waals surface area contributed by atoms with Gasteiger partial charge in [-0.05, 0) is 19.9 Å². The minimum atomic E-state index is -2.54. The number of hydrogen-bond donors (Lipinski definition) is 1. The van der Waals surface area contributed by atoms with Gasteiger partial charge in [0, 0.05) is 38.0 Å². The van der Waals surface area contributed by atoms with Gasteiger partial charge in [-0.3, -0.25) is 4.90 Å². The molecule has 19 heavy (non-hydrogen) atoms. The number of nitrogens with one attached hydrogen (secondary N) is 1. The Kier molecular flexibility index (Phi) is 3.35. The Morgan fingerprint density at radius 2 is 2.32 bits per heavy atom. The second kappa shape index (κ2) is 4.75. The van der Waals surface area contributed by atoms with Crippen molar-refractivity contribution in [2.24, 2.45) is 5.41 Å². The van der Waals surface area contributed by atoms with Crippen molar-refractivity contribution < 1.29 is 8.78 Å². The molecule has 2 fully saturated rings. The molecule has 1 N–H and O–H groups in total. The number of likely N-dealkylation sites (tertiary alicyclic amines) is 1. The lowest BCUT2D eigenvalue weighted by Gasteiger charge is -2.41. The molecular formula is C13H19F2N3S. The van der Waals surface area contributed by atoms with Gasteiger partial charge in [0.2, 0.25) is 0 Å². The zero-order valence-electron chi connectivity index (χ0n) is 11.1. The summed E-state index contributed by atoms with van der Waals surface area (Å²) in [5.74, 6) is -2.54. The van der Waals surface area contributed by atoms with E-state index in [0.29, 0.717) is 32.6 Å². The molecule has 2 aliphatic rings. The molecule has 1 spiro atoms. The highest BCUT2D eigenvalue weighted by Gasteiger charge is 2.57. The van der Waals surface area contributed by atoms with Crippen LogP contribution in [0.15, 0.2) is 5.38 Å². The molecule has 0 bridgehead atoms. The molecule has 3 heterocycles. The van der Waals surface area contributed by atoms with Crippen LogP contribution in [0.1, 0.15) is 23.5 Å². The zero-order chi connectivity index (χ0) is 13.5. The molecule has 0 aromatic carbocycles. The SMILES string of the molecule is Cc1nc(CN2CC[C@@]3(CNCCC3(F)F)C2)cs1. The molecule has 0 aliphatic carbocycles. The zero-order valence-corrected chi connectivity index (χ0v) is 11.9. The topological polar surface area (TPSA) is 28.2 Å². The molecule has 106 valence electrons. The number of rotatable bonds is 2. The average molecular weight is 287 g/mol. The van der Waals surface area contributed by atoms with Crippen molar-refractivity contribution in [3.63, 3.8) is 0 Å². The van der Waals surface area contributed by atoms with E-state index in [2.05, 4.69) is 15.2 Å². The minimum Gasteiger partial charge on any atom is -0.316 e. The van der Waals surface area contributed by atoms with Crippen molar-refractivity contribution in [1.82, 2.24) is 15.2 Å². The van der Waals surface area contributed by atoms with Crippen molar-refractivity contribution in [3.8, 4) is 0 Å². The number of aromatic nitrogens is 1. The Hall–Kier alpha value is -0.590. The van der Waals surface area contributed by atoms with E-state index in [1.807, 2.05) is 12.3 Å². The summed E-state index contributed by atoms with van der Waals surface area (Å²) < 4.78 is 28.4. The molecule has 0 saturated carbocycles. The Labute approximate surface area is 116 Å². The van der Waals surface area contributed by atoms with Crippen molar-refractivity contribution in [3.05, 3.63) is 16.1 Å². The van der Waals surface area contributed by atoms with Crippen molar-refractivity contribution >= 4 is 11.3 Å². The third-order valence-electron chi connectivity index (χ3n) is 4.34. The predicted molar refractivity (Wildman–Crippen MR) is 71.6 cm³/mol. The summed E-state index contributed by atoms with van der Waals surface area (Å²) >= 11 is 1.62. The summed E-state index contributed by atoms with van der Waals surface area (Å²) in [7, 11) is 0. The monoisotopic (exact) mass is 287 g/mol. The molecule has 2 saturated heterocycles. The number of hydrogen-bond acceptors (Lipinski definition) is 4. The van der Waals surface area contributed by atoms with Crippen LogP contribution in [0, 0.1) is 12.3 Å². The second-order valence-electron chi connectivity index (χ2n) is 5.73. The molecule has 1 atom stereocenters. The van der Waals surface area contributed by atoms with Gasteiger partial charge in [0.05, 0.1) is 16.1 Å². The van der Waals surface area contributed by atoms with Gasteiger partial charge in [0.1, 0.15) is 0 Å². The molecule has 0 amide bonds. The maximum Gasteiger partial charge on any atom is 0.257 e. The van der Waals surface area contributed by atoms with Crippen LogP contribution in [0.4, 0.5) is 8.78 Å². The molecular weight excluding hydrogens is 268 g/mol. The summed E-state index contributed by atoms with van der Waals surface area (Å²) in [5, 5.41) is 6.20. The van der Waals surface area contributed by atoms with Gasteiger partial charge in [-0.1, -0.05) is 0 Å². The van der Waals surface area contributed by atoms with E-state index in [9.17, 15) is 8.78 Å². The Morgan fingerprint density at radius 3 is 3.00 bits per heavy atom. The van der Waals surface area contributed by atoms with Gasteiger partial charge < -0.3 is 5.32 Å². The molecule has 0 unspecified atom stereocenters. The predicted octanol–water partition coefficient (Wildman–Crippen LogP) is 2.27. The summed E-state index contributed by atoms with van der Waals surface area (Å²) in [6, 6.07) is 0. The number of piperidine rings is 1. The van der Waals surface area contributed by atoms with Crippen molar-refractivity contribution in [1.29, 1.82) is 0 Å². The van der Waals surface area contributed by atoms with E-state index in [-0.39, 0.29) is 6.42 Å². The minimum absolute atomic E-state index is 0.0311. The van der Waals surface area contributed by atoms with Gasteiger partial charge >= 0.3 is 0 Å². The van der Waals surface area contributed by atoms with Gasteiger partial charge in [-0.25, -0.2) is 13.8 Å². The van der Waals surface area contributed by atoms with Crippen LogP contribution >= 0.6 is 11.3 Å². The van der Waals surface area contributed by atoms with E-state index >= 15 is 0 Å². The van der Waals surface area contributed by atoms with Gasteiger partial charge in [-0.15, -0.1) is 11.3 Å². The highest BCUT2D eigenvalue weighted by atomic mass is 32.1. The largest absolute Gasteiger partial charge is 0.316 e. The third kappa shape index (κ3) is 2.41. The molecule has 6 heteroatoms. The number of nitrogens with zero attached hydrogens (tertiary/aromatic N) is 2. The Morgan fingerprint density at radius 1 is 1.47 bits per heavy atom. The second-order valence-corrected chi connectivity index (χ2v) is 6.79. The summed E-state index contributed by atoms with van der Waals surface area (Å²) in [6.45, 7) is 4.76. The fraction of sp³-hybridized carbons (Fsp3) is 0.769. The van der Waals surface area contributed by atoms with E-state index in [4.69, 9.17) is 0 Å². The fourth-order valence-corrected chi connectivity index (χ4v) is 3.82. The van der Waals surface area contributed by atoms with Crippen LogP contribution in [0.2, 0.25) is 0 Å². The first-order valence-electron chi connectivity index (χ1n) is 6.73. The number of aryl methyl sites for hydroxylation is 1. The average Bonchev–Trinajstić information content (AvgIpc) is 2.92. The highest BCUT2D eigenvalue weighted by molar-refractivity contribution is 7.09. The summed E-state index contributed by atoms with van der Waals surface area (Å²) in [5.41, 5.74) is 0.141. The van der Waals surface area contributed by atoms with Crippen LogP contribution in [0.3, 0.4) is 0 Å². The standard InChI is InChI=1S/C13H19F2N3S/c1-10-17-11(7-19-10)6-18-5-3-12(9-18)8-16-4-2-13(12,14)15/h7,16H,2-6,8-9H2,1H3/t12-/m1/s1. The van der Waals surface area contributed by atoms with Gasteiger partial charge in [0.15, 0.2) is 0 Å². The van der Waals surface area contributed by atoms with Gasteiger partial charge in [0.25, 0.3) is 5.92 Å². The van der Waals surface area contributed by atoms with Crippen molar-refractivity contribution in [2.75, 3.05) is 26.2 Å². The van der Waals surface area contributed by atoms with Crippen molar-refractivity contribution in [2.45, 2.75) is 32.2 Å². The first-order valence-corrected chi connectivity index (χ1v) is 7.61. The molecule has 0 radical (unpaired) electrons. The van der Waals surface area contributed by atoms with Crippen LogP contribution in [0.5, 0.6) is 0 Å². The lowest BCUT2D eigenvalue weighted by Crippen LogP contribution is -2.55. The van der Waals surface area contributed by atoms with E-state index in [0.717, 1.165) is 17.2 Å². The molecule has 1 aromatic heterocycles. The smallest absolute Gasteiger partial charge is 0.257 e. The van der Waals surface area contributed by atoms with E-state index < -0.39 is 11.3 Å². The Balaban J connectivity index is 1.69. The molecule has 2 aliphatic heterocycles. The first-order chi connectivity index (χ1) is 9.01. The van der Waals surface area contributed by atoms with Crippen LogP contribution < -0.4 is 5.32 Å². The maximum atomic E-state index is 14.2. The van der Waals surface area contributed by atoms with Crippen LogP contribution in [-0.2, 0) is 6.54 Å². The summed E-state index contributed by atoms with van der Waals surface area (Å²) in [4.78, 5) is 6.54. The molecule has 3 nitrogen and oxygen atoms in total. The number of alkyl halides is 2. The normalized spacial score (nSPS) is 31.1. The van der Waals surface area contributed by atoms with Gasteiger partial charge in [-0.2, -0.15) is 0 Å². The lowest BCUT2D eigenvalue weighted by atomic mass is 9.76. The van der Waals surface area contributed by atoms with Crippen LogP contribution in [0.25, 0.3) is 0 Å². The third-order valence-corrected chi connectivity index (χ3v) is 5.16. The fourth-order valence-electron chi connectivity index (χ4n) is 3.21. The lowest BCUT2D eigenvalue weighted by molar-refractivity contribution is -0.135. The van der Waals surface area contributed by atoms with E-state index in [1.165, 1.54) is 0 Å². The summed E-state index contributed by atoms with van der Waals surface area (Å²) in [6.07, 6.45) is 0.548. The quantitative estimate of drug-likeness (QED) is 0.904. The first kappa shape index (κ1) is 13.4. The van der Waals surface area contributed by atoms with E-state index in [1.54, 1.807) is 11.3 Å². The van der Waals surface area contributed by atoms with Crippen LogP contribution in [-0.4, -0.2) is 42.0 Å². The Bertz CT molecular complexity index is 462. The number of thiazole rings is 1.